The fraction of sp³-hybridized carbons (Fsp3) is 0.452. The molecule has 1 fully saturated rings. The third-order valence-electron chi connectivity index (χ3n) is 10.4. The number of carbonyl (C=O) groups is 2. The number of nitrogens with zero attached hydrogens (tertiary/aromatic N) is 7. The third-order valence-corrected chi connectivity index (χ3v) is 10.4. The second-order valence-corrected chi connectivity index (χ2v) is 15.7. The number of fused-ring (bicyclic) bond motifs is 2. The number of pyridine rings is 1. The fourth-order valence-corrected chi connectivity index (χ4v) is 7.48. The van der Waals surface area contributed by atoms with Crippen molar-refractivity contribution in [2.24, 2.45) is 0 Å². The molecule has 1 aliphatic carbocycles. The van der Waals surface area contributed by atoms with Gasteiger partial charge < -0.3 is 24.8 Å². The Balaban J connectivity index is 0.00000172. The highest BCUT2D eigenvalue weighted by molar-refractivity contribution is 5.89. The molecule has 0 radical (unpaired) electrons. The predicted molar refractivity (Wildman–Crippen MR) is 217 cm³/mol. The molecule has 0 saturated carbocycles. The van der Waals surface area contributed by atoms with Gasteiger partial charge in [-0.3, -0.25) is 19.4 Å². The first kappa shape index (κ1) is 40.2. The number of hydrogen-bond donors (Lipinski definition) is 3. The Morgan fingerprint density at radius 3 is 2.55 bits per heavy atom. The zero-order chi connectivity index (χ0) is 39.8. The summed E-state index contributed by atoms with van der Waals surface area (Å²) in [6.45, 7) is 11.6. The van der Waals surface area contributed by atoms with E-state index in [1.54, 1.807) is 7.11 Å². The molecule has 1 aliphatic heterocycles. The number of rotatable bonds is 11. The summed E-state index contributed by atoms with van der Waals surface area (Å²) in [4.78, 5) is 26.7. The molecule has 56 heavy (non-hydrogen) atoms. The maximum atomic E-state index is 13.8. The number of amides is 2. The van der Waals surface area contributed by atoms with E-state index in [0.29, 0.717) is 18.5 Å². The van der Waals surface area contributed by atoms with Gasteiger partial charge in [-0.1, -0.05) is 57.2 Å². The van der Waals surface area contributed by atoms with Crippen LogP contribution in [-0.4, -0.2) is 86.8 Å². The van der Waals surface area contributed by atoms with Gasteiger partial charge in [-0.05, 0) is 87.0 Å². The van der Waals surface area contributed by atoms with Crippen LogP contribution < -0.4 is 20.3 Å². The first-order chi connectivity index (χ1) is 27.0. The molecule has 2 amide bonds. The summed E-state index contributed by atoms with van der Waals surface area (Å²) in [6, 6.07) is 22.4. The molecule has 298 valence electrons. The summed E-state index contributed by atoms with van der Waals surface area (Å²) >= 11 is 0. The largest absolute Gasteiger partial charge is 0.484 e. The normalized spacial score (nSPS) is 18.2. The highest BCUT2D eigenvalue weighted by atomic mass is 16.5. The topological polar surface area (TPSA) is 151 Å². The van der Waals surface area contributed by atoms with Crippen molar-refractivity contribution in [3.63, 3.8) is 0 Å². The van der Waals surface area contributed by atoms with Crippen LogP contribution in [0.4, 0.5) is 16.6 Å². The van der Waals surface area contributed by atoms with E-state index in [2.05, 4.69) is 89.6 Å². The second kappa shape index (κ2) is 18.0. The molecule has 14 nitrogen and oxygen atoms in total. The SMILES string of the molecule is COCCN(C)Cc1cccc(-n2nc(C(C)(C)C)cc2NC(=O)N[C@H]2CC[C@@H](Oc3ccc4nnc(N5CCCC[C@@H]5C)n4c3)c3ccccc32)c1.O=CO. The lowest BCUT2D eigenvalue weighted by atomic mass is 9.85. The van der Waals surface area contributed by atoms with Gasteiger partial charge in [-0.25, -0.2) is 9.48 Å². The monoisotopic (exact) mass is 765 g/mol. The minimum Gasteiger partial charge on any atom is -0.484 e. The molecule has 14 heteroatoms. The minimum atomic E-state index is -0.279. The first-order valence-corrected chi connectivity index (χ1v) is 19.4. The number of piperidine rings is 1. The maximum Gasteiger partial charge on any atom is 0.320 e. The molecule has 3 N–H and O–H groups in total. The first-order valence-electron chi connectivity index (χ1n) is 19.4. The lowest BCUT2D eigenvalue weighted by molar-refractivity contribution is -0.122. The second-order valence-electron chi connectivity index (χ2n) is 15.7. The Hall–Kier alpha value is -5.47. The van der Waals surface area contributed by atoms with E-state index < -0.39 is 0 Å². The van der Waals surface area contributed by atoms with Crippen molar-refractivity contribution in [1.82, 2.24) is 34.6 Å². The number of hydrogen-bond acceptors (Lipinski definition) is 9. The van der Waals surface area contributed by atoms with Crippen LogP contribution >= 0.6 is 0 Å². The highest BCUT2D eigenvalue weighted by Crippen LogP contribution is 2.39. The van der Waals surface area contributed by atoms with Crippen LogP contribution in [0.2, 0.25) is 0 Å². The molecule has 3 atom stereocenters. The number of carbonyl (C=O) groups excluding carboxylic acids is 1. The fourth-order valence-electron chi connectivity index (χ4n) is 7.48. The van der Waals surface area contributed by atoms with Crippen LogP contribution in [0, 0.1) is 0 Å². The number of methoxy groups -OCH3 is 1. The minimum absolute atomic E-state index is 0.157. The van der Waals surface area contributed by atoms with Crippen LogP contribution in [0.15, 0.2) is 72.9 Å². The molecule has 0 unspecified atom stereocenters. The van der Waals surface area contributed by atoms with Crippen molar-refractivity contribution >= 4 is 29.9 Å². The summed E-state index contributed by atoms with van der Waals surface area (Å²) in [5.41, 5.74) is 5.66. The average molecular weight is 766 g/mol. The third kappa shape index (κ3) is 9.48. The Bertz CT molecular complexity index is 2090. The zero-order valence-electron chi connectivity index (χ0n) is 33.3. The molecule has 5 aromatic rings. The number of aromatic nitrogens is 5. The Labute approximate surface area is 328 Å². The standard InChI is InChI=1S/C41H53N9O3.CH2O2/c1-28-12-9-10-21-48(28)40-45-44-37-20-17-31(27-49(37)40)53-35-19-18-34(32-15-7-8-16-33(32)35)42-39(51)43-38-25-36(41(2,3)4)46-50(38)30-14-11-13-29(24-30)26-47(5)22-23-52-6;2-1-3/h7-8,11,13-17,20,24-25,27-28,34-35H,9-10,12,18-19,21-23,26H2,1-6H3,(H2,42,43,51);1H,(H,2,3)/t28-,34-,35+;/m0./s1. The molecule has 7 rings (SSSR count). The van der Waals surface area contributed by atoms with Crippen molar-refractivity contribution in [3.05, 3.63) is 95.3 Å². The lowest BCUT2D eigenvalue weighted by Gasteiger charge is -2.33. The van der Waals surface area contributed by atoms with Crippen molar-refractivity contribution in [2.45, 2.75) is 89.9 Å². The summed E-state index contributed by atoms with van der Waals surface area (Å²) in [5, 5.41) is 27.3. The highest BCUT2D eigenvalue weighted by Gasteiger charge is 2.31. The van der Waals surface area contributed by atoms with Crippen molar-refractivity contribution in [2.75, 3.05) is 44.1 Å². The van der Waals surface area contributed by atoms with Crippen LogP contribution in [0.5, 0.6) is 5.75 Å². The number of nitrogens with one attached hydrogen (secondary N) is 2. The van der Waals surface area contributed by atoms with Crippen molar-refractivity contribution in [3.8, 4) is 11.4 Å². The molecule has 4 heterocycles. The van der Waals surface area contributed by atoms with Gasteiger partial charge in [0, 0.05) is 44.3 Å². The van der Waals surface area contributed by atoms with Gasteiger partial charge in [0.05, 0.1) is 30.2 Å². The van der Waals surface area contributed by atoms with Crippen LogP contribution in [0.1, 0.15) is 94.3 Å². The molecule has 3 aromatic heterocycles. The number of benzene rings is 2. The average Bonchev–Trinajstić information content (AvgIpc) is 3.80. The summed E-state index contributed by atoms with van der Waals surface area (Å²) in [5.74, 6) is 2.25. The van der Waals surface area contributed by atoms with Gasteiger partial charge in [0.25, 0.3) is 6.47 Å². The number of ether oxygens (including phenoxy) is 2. The van der Waals surface area contributed by atoms with E-state index in [0.717, 1.165) is 90.7 Å². The van der Waals surface area contributed by atoms with E-state index >= 15 is 0 Å². The van der Waals surface area contributed by atoms with Crippen LogP contribution in [0.25, 0.3) is 11.3 Å². The van der Waals surface area contributed by atoms with E-state index in [9.17, 15) is 4.79 Å². The summed E-state index contributed by atoms with van der Waals surface area (Å²) in [6.07, 6.45) is 6.88. The lowest BCUT2D eigenvalue weighted by Crippen LogP contribution is -2.38. The smallest absolute Gasteiger partial charge is 0.320 e. The Morgan fingerprint density at radius 1 is 1.02 bits per heavy atom. The maximum absolute atomic E-state index is 13.8. The summed E-state index contributed by atoms with van der Waals surface area (Å²) < 4.78 is 15.8. The van der Waals surface area contributed by atoms with Crippen LogP contribution in [0.3, 0.4) is 0 Å². The predicted octanol–water partition coefficient (Wildman–Crippen LogP) is 7.15. The van der Waals surface area contributed by atoms with Gasteiger partial charge in [-0.2, -0.15) is 5.10 Å². The number of anilines is 2. The zero-order valence-corrected chi connectivity index (χ0v) is 33.3. The van der Waals surface area contributed by atoms with E-state index in [4.69, 9.17) is 24.5 Å². The number of urea groups is 1. The Morgan fingerprint density at radius 2 is 1.80 bits per heavy atom. The Kier molecular flexibility index (Phi) is 12.9. The van der Waals surface area contributed by atoms with Gasteiger partial charge in [-0.15, -0.1) is 10.2 Å². The molecule has 0 bridgehead atoms. The molecule has 0 spiro atoms. The summed E-state index contributed by atoms with van der Waals surface area (Å²) in [7, 11) is 3.80. The van der Waals surface area contributed by atoms with E-state index in [1.165, 1.54) is 6.42 Å². The molecule has 2 aliphatic rings. The molecule has 2 aromatic carbocycles. The van der Waals surface area contributed by atoms with E-state index in [1.807, 2.05) is 57.7 Å². The molecule has 1 saturated heterocycles. The van der Waals surface area contributed by atoms with Crippen molar-refractivity contribution < 1.29 is 24.2 Å². The molecular weight excluding hydrogens is 711 g/mol. The van der Waals surface area contributed by atoms with E-state index in [-0.39, 0.29) is 30.1 Å². The number of carboxylic acid groups (broad SMARTS) is 1. The van der Waals surface area contributed by atoms with Crippen LogP contribution in [-0.2, 0) is 21.5 Å². The molecular formula is C42H55N9O5. The van der Waals surface area contributed by atoms with Gasteiger partial charge in [0.1, 0.15) is 17.7 Å². The quantitative estimate of drug-likeness (QED) is 0.118. The van der Waals surface area contributed by atoms with Gasteiger partial charge in [0.2, 0.25) is 5.95 Å². The van der Waals surface area contributed by atoms with Gasteiger partial charge in [0.15, 0.2) is 5.65 Å². The van der Waals surface area contributed by atoms with Crippen molar-refractivity contribution in [1.29, 1.82) is 0 Å². The number of likely N-dealkylation sites (N-methyl/N-ethyl adjacent to an activating group) is 1. The van der Waals surface area contributed by atoms with Gasteiger partial charge >= 0.3 is 6.03 Å².